The molecule has 2 aromatic rings. The molecule has 0 radical (unpaired) electrons. The fourth-order valence-electron chi connectivity index (χ4n) is 3.85. The van der Waals surface area contributed by atoms with Crippen molar-refractivity contribution < 1.29 is 9.53 Å². The molecule has 2 aromatic carbocycles. The molecule has 30 heavy (non-hydrogen) atoms. The number of ether oxygens (including phenoxy) is 1. The number of hydrogen-bond donors (Lipinski definition) is 1. The second kappa shape index (κ2) is 11.1. The zero-order valence-electron chi connectivity index (χ0n) is 18.6. The van der Waals surface area contributed by atoms with Crippen LogP contribution in [0, 0.1) is 6.92 Å². The standard InChI is InChI=1S/C25H35N3O2/c1-20-9-11-22(12-10-20)24(28-13-4-5-14-28)19-26-25(29)18-21-7-6-8-23(17-21)30-16-15-27(2)3/h6-12,17,24H,4-5,13-16,18-19H2,1-3H3,(H,26,29)/t24-/m1/s1. The highest BCUT2D eigenvalue weighted by molar-refractivity contribution is 5.78. The average molecular weight is 410 g/mol. The third-order valence-electron chi connectivity index (χ3n) is 5.61. The van der Waals surface area contributed by atoms with E-state index in [1.54, 1.807) is 0 Å². The van der Waals surface area contributed by atoms with Gasteiger partial charge < -0.3 is 15.0 Å². The van der Waals surface area contributed by atoms with Crippen molar-refractivity contribution in [2.75, 3.05) is 46.9 Å². The van der Waals surface area contributed by atoms with Crippen molar-refractivity contribution >= 4 is 5.91 Å². The van der Waals surface area contributed by atoms with Crippen LogP contribution >= 0.6 is 0 Å². The number of nitrogens with zero attached hydrogens (tertiary/aromatic N) is 2. The summed E-state index contributed by atoms with van der Waals surface area (Å²) in [6.45, 7) is 6.44. The fraction of sp³-hybridized carbons (Fsp3) is 0.480. The van der Waals surface area contributed by atoms with Crippen molar-refractivity contribution in [2.24, 2.45) is 0 Å². The van der Waals surface area contributed by atoms with E-state index in [-0.39, 0.29) is 11.9 Å². The molecule has 0 aromatic heterocycles. The maximum Gasteiger partial charge on any atom is 0.224 e. The summed E-state index contributed by atoms with van der Waals surface area (Å²) in [7, 11) is 4.05. The first-order valence-corrected chi connectivity index (χ1v) is 10.9. The van der Waals surface area contributed by atoms with Gasteiger partial charge in [0.15, 0.2) is 0 Å². The number of rotatable bonds is 10. The number of likely N-dealkylation sites (N-methyl/N-ethyl adjacent to an activating group) is 1. The van der Waals surface area contributed by atoms with Crippen molar-refractivity contribution in [3.8, 4) is 5.75 Å². The van der Waals surface area contributed by atoms with Crippen molar-refractivity contribution in [3.05, 3.63) is 65.2 Å². The van der Waals surface area contributed by atoms with Crippen LogP contribution in [-0.2, 0) is 11.2 Å². The molecule has 0 spiro atoms. The molecule has 5 nitrogen and oxygen atoms in total. The van der Waals surface area contributed by atoms with Crippen LogP contribution in [0.2, 0.25) is 0 Å². The molecule has 1 aliphatic rings. The summed E-state index contributed by atoms with van der Waals surface area (Å²) in [6.07, 6.45) is 2.83. The van der Waals surface area contributed by atoms with Gasteiger partial charge in [0.05, 0.1) is 12.5 Å². The Morgan fingerprint density at radius 1 is 1.13 bits per heavy atom. The monoisotopic (exact) mass is 409 g/mol. The third kappa shape index (κ3) is 6.85. The lowest BCUT2D eigenvalue weighted by Gasteiger charge is -2.28. The first-order valence-electron chi connectivity index (χ1n) is 10.9. The maximum absolute atomic E-state index is 12.7. The summed E-state index contributed by atoms with van der Waals surface area (Å²) in [5.74, 6) is 0.869. The number of nitrogens with one attached hydrogen (secondary N) is 1. The van der Waals surface area contributed by atoms with Gasteiger partial charge in [0, 0.05) is 13.1 Å². The number of amides is 1. The van der Waals surface area contributed by atoms with E-state index in [0.29, 0.717) is 19.6 Å². The van der Waals surface area contributed by atoms with Crippen molar-refractivity contribution in [2.45, 2.75) is 32.2 Å². The van der Waals surface area contributed by atoms with Crippen LogP contribution in [0.4, 0.5) is 0 Å². The Bertz CT molecular complexity index is 798. The molecule has 162 valence electrons. The van der Waals surface area contributed by atoms with Gasteiger partial charge >= 0.3 is 0 Å². The molecule has 1 heterocycles. The predicted molar refractivity (Wildman–Crippen MR) is 122 cm³/mol. The minimum atomic E-state index is 0.0525. The quantitative estimate of drug-likeness (QED) is 0.653. The van der Waals surface area contributed by atoms with Gasteiger partial charge in [-0.15, -0.1) is 0 Å². The highest BCUT2D eigenvalue weighted by Gasteiger charge is 2.23. The maximum atomic E-state index is 12.7. The second-order valence-electron chi connectivity index (χ2n) is 8.45. The van der Waals surface area contributed by atoms with Crippen LogP contribution in [0.15, 0.2) is 48.5 Å². The largest absolute Gasteiger partial charge is 0.492 e. The van der Waals surface area contributed by atoms with E-state index in [1.807, 2.05) is 38.4 Å². The molecule has 0 saturated carbocycles. The Morgan fingerprint density at radius 3 is 2.57 bits per heavy atom. The van der Waals surface area contributed by atoms with Gasteiger partial charge in [0.25, 0.3) is 0 Å². The summed E-state index contributed by atoms with van der Waals surface area (Å²) in [5, 5.41) is 3.17. The van der Waals surface area contributed by atoms with Gasteiger partial charge in [-0.1, -0.05) is 42.0 Å². The number of likely N-dealkylation sites (tertiary alicyclic amines) is 1. The summed E-state index contributed by atoms with van der Waals surface area (Å²) >= 11 is 0. The van der Waals surface area contributed by atoms with Gasteiger partial charge in [0.1, 0.15) is 12.4 Å². The smallest absolute Gasteiger partial charge is 0.224 e. The van der Waals surface area contributed by atoms with Crippen molar-refractivity contribution in [3.63, 3.8) is 0 Å². The number of aryl methyl sites for hydroxylation is 1. The van der Waals surface area contributed by atoms with Crippen molar-refractivity contribution in [1.82, 2.24) is 15.1 Å². The lowest BCUT2D eigenvalue weighted by molar-refractivity contribution is -0.120. The Balaban J connectivity index is 1.56. The van der Waals surface area contributed by atoms with E-state index in [2.05, 4.69) is 46.3 Å². The predicted octanol–water partition coefficient (Wildman–Crippen LogP) is 3.43. The minimum Gasteiger partial charge on any atom is -0.492 e. The average Bonchev–Trinajstić information content (AvgIpc) is 3.24. The lowest BCUT2D eigenvalue weighted by atomic mass is 10.0. The molecule has 0 bridgehead atoms. The first-order chi connectivity index (χ1) is 14.5. The van der Waals surface area contributed by atoms with E-state index in [1.165, 1.54) is 24.0 Å². The van der Waals surface area contributed by atoms with Crippen molar-refractivity contribution in [1.29, 1.82) is 0 Å². The molecular formula is C25H35N3O2. The minimum absolute atomic E-state index is 0.0525. The summed E-state index contributed by atoms with van der Waals surface area (Å²) in [6, 6.07) is 16.8. The molecule has 1 N–H and O–H groups in total. The molecule has 1 aliphatic heterocycles. The molecule has 0 aliphatic carbocycles. The zero-order chi connectivity index (χ0) is 21.3. The van der Waals surface area contributed by atoms with Crippen LogP contribution < -0.4 is 10.1 Å². The Kier molecular flexibility index (Phi) is 8.29. The SMILES string of the molecule is Cc1ccc([C@@H](CNC(=O)Cc2cccc(OCCN(C)C)c2)N2CCCC2)cc1. The van der Waals surface area contributed by atoms with Gasteiger partial charge in [-0.05, 0) is 70.2 Å². The summed E-state index contributed by atoms with van der Waals surface area (Å²) in [4.78, 5) is 17.2. The molecule has 0 unspecified atom stereocenters. The lowest BCUT2D eigenvalue weighted by Crippen LogP contribution is -2.37. The van der Waals surface area contributed by atoms with E-state index in [9.17, 15) is 4.79 Å². The Hall–Kier alpha value is -2.37. The van der Waals surface area contributed by atoms with Gasteiger partial charge in [-0.2, -0.15) is 0 Å². The first kappa shape index (κ1) is 22.3. The number of carbonyl (C=O) groups is 1. The molecule has 1 saturated heterocycles. The molecule has 5 heteroatoms. The molecule has 1 atom stereocenters. The van der Waals surface area contributed by atoms with E-state index >= 15 is 0 Å². The van der Waals surface area contributed by atoms with Crippen LogP contribution in [0.1, 0.15) is 35.6 Å². The van der Waals surface area contributed by atoms with Crippen LogP contribution in [0.25, 0.3) is 0 Å². The Labute approximate surface area is 181 Å². The van der Waals surface area contributed by atoms with Crippen LogP contribution in [0.5, 0.6) is 5.75 Å². The Morgan fingerprint density at radius 2 is 1.87 bits per heavy atom. The highest BCUT2D eigenvalue weighted by Crippen LogP contribution is 2.25. The topological polar surface area (TPSA) is 44.8 Å². The van der Waals surface area contributed by atoms with Crippen LogP contribution in [0.3, 0.4) is 0 Å². The summed E-state index contributed by atoms with van der Waals surface area (Å²) in [5.41, 5.74) is 3.51. The highest BCUT2D eigenvalue weighted by atomic mass is 16.5. The van der Waals surface area contributed by atoms with E-state index < -0.39 is 0 Å². The second-order valence-corrected chi connectivity index (χ2v) is 8.45. The number of carbonyl (C=O) groups excluding carboxylic acids is 1. The molecule has 1 amide bonds. The van der Waals surface area contributed by atoms with E-state index in [0.717, 1.165) is 30.9 Å². The molecular weight excluding hydrogens is 374 g/mol. The molecule has 3 rings (SSSR count). The van der Waals surface area contributed by atoms with Crippen LogP contribution in [-0.4, -0.2) is 62.6 Å². The summed E-state index contributed by atoms with van der Waals surface area (Å²) < 4.78 is 5.79. The third-order valence-corrected chi connectivity index (χ3v) is 5.61. The molecule has 1 fully saturated rings. The number of hydrogen-bond acceptors (Lipinski definition) is 4. The fourth-order valence-corrected chi connectivity index (χ4v) is 3.85. The number of benzene rings is 2. The van der Waals surface area contributed by atoms with Gasteiger partial charge in [-0.25, -0.2) is 0 Å². The van der Waals surface area contributed by atoms with Gasteiger partial charge in [-0.3, -0.25) is 9.69 Å². The normalized spacial score (nSPS) is 15.3. The van der Waals surface area contributed by atoms with E-state index in [4.69, 9.17) is 4.74 Å². The zero-order valence-corrected chi connectivity index (χ0v) is 18.6. The van der Waals surface area contributed by atoms with Gasteiger partial charge in [0.2, 0.25) is 5.91 Å².